The highest BCUT2D eigenvalue weighted by atomic mass is 16.3. The van der Waals surface area contributed by atoms with Crippen molar-refractivity contribution >= 4 is 17.2 Å². The molecule has 1 N–H and O–H groups in total. The molecule has 4 heteroatoms. The number of hydrogen-bond acceptors (Lipinski definition) is 4. The molecule has 4 nitrogen and oxygen atoms in total. The number of rotatable bonds is 4. The van der Waals surface area contributed by atoms with Crippen molar-refractivity contribution in [2.24, 2.45) is 0 Å². The molecule has 0 saturated carbocycles. The molecule has 2 aromatic heterocycles. The van der Waals surface area contributed by atoms with Gasteiger partial charge in [-0.25, -0.2) is 9.97 Å². The van der Waals surface area contributed by atoms with Crippen LogP contribution in [-0.2, 0) is 5.41 Å². The third-order valence-corrected chi connectivity index (χ3v) is 6.81. The third kappa shape index (κ3) is 3.46. The molecule has 1 aliphatic rings. The fourth-order valence-corrected chi connectivity index (χ4v) is 5.05. The van der Waals surface area contributed by atoms with Crippen molar-refractivity contribution in [3.05, 3.63) is 120 Å². The molecule has 1 aliphatic carbocycles. The Balaban J connectivity index is 1.48. The summed E-state index contributed by atoms with van der Waals surface area (Å²) in [7, 11) is 0. The maximum absolute atomic E-state index is 10.7. The third-order valence-electron chi connectivity index (χ3n) is 6.81. The Morgan fingerprint density at radius 3 is 2.29 bits per heavy atom. The smallest absolute Gasteiger partial charge is 0.137 e. The van der Waals surface area contributed by atoms with Crippen LogP contribution in [0.15, 0.2) is 109 Å². The number of fused-ring (bicyclic) bond motifs is 3. The van der Waals surface area contributed by atoms with Crippen molar-refractivity contribution < 1.29 is 5.11 Å². The Hall–Kier alpha value is -4.44. The van der Waals surface area contributed by atoms with Crippen LogP contribution < -0.4 is 4.90 Å². The first-order chi connectivity index (χ1) is 17.0. The molecule has 0 bridgehead atoms. The molecule has 0 unspecified atom stereocenters. The highest BCUT2D eigenvalue weighted by Gasteiger charge is 2.38. The summed E-state index contributed by atoms with van der Waals surface area (Å²) in [5, 5.41) is 10.7. The van der Waals surface area contributed by atoms with Crippen molar-refractivity contribution in [1.29, 1.82) is 0 Å². The van der Waals surface area contributed by atoms with Gasteiger partial charge in [0.25, 0.3) is 0 Å². The fraction of sp³-hybridized carbons (Fsp3) is 0.0968. The summed E-state index contributed by atoms with van der Waals surface area (Å²) in [5.41, 5.74) is 7.63. The zero-order valence-corrected chi connectivity index (χ0v) is 19.7. The molecule has 0 saturated heterocycles. The Kier molecular flexibility index (Phi) is 4.89. The molecule has 0 spiro atoms. The summed E-state index contributed by atoms with van der Waals surface area (Å²) in [6.45, 7) is 4.37. The molecular formula is C31H25N3O. The molecule has 0 aliphatic heterocycles. The van der Waals surface area contributed by atoms with E-state index in [1.165, 1.54) is 0 Å². The van der Waals surface area contributed by atoms with Crippen molar-refractivity contribution in [2.75, 3.05) is 4.90 Å². The quantitative estimate of drug-likeness (QED) is 0.303. The first-order valence-electron chi connectivity index (χ1n) is 11.7. The molecule has 35 heavy (non-hydrogen) atoms. The predicted octanol–water partition coefficient (Wildman–Crippen LogP) is 7.63. The van der Waals surface area contributed by atoms with Crippen LogP contribution in [0.3, 0.4) is 0 Å². The van der Waals surface area contributed by atoms with Crippen LogP contribution >= 0.6 is 0 Å². The Morgan fingerprint density at radius 2 is 1.49 bits per heavy atom. The predicted molar refractivity (Wildman–Crippen MR) is 141 cm³/mol. The van der Waals surface area contributed by atoms with Crippen LogP contribution in [-0.4, -0.2) is 15.1 Å². The van der Waals surface area contributed by atoms with Crippen LogP contribution in [0.4, 0.5) is 17.2 Å². The van der Waals surface area contributed by atoms with Gasteiger partial charge in [0.2, 0.25) is 0 Å². The zero-order valence-electron chi connectivity index (χ0n) is 19.7. The van der Waals surface area contributed by atoms with Gasteiger partial charge in [0.15, 0.2) is 0 Å². The first-order valence-corrected chi connectivity index (χ1v) is 11.7. The number of nitrogens with zero attached hydrogens (tertiary/aromatic N) is 3. The van der Waals surface area contributed by atoms with Gasteiger partial charge in [-0.15, -0.1) is 0 Å². The van der Waals surface area contributed by atoms with Gasteiger partial charge in [-0.05, 0) is 59.7 Å². The summed E-state index contributed by atoms with van der Waals surface area (Å²) in [4.78, 5) is 11.8. The van der Waals surface area contributed by atoms with Gasteiger partial charge < -0.3 is 5.11 Å². The number of hydrogen-bond donors (Lipinski definition) is 1. The van der Waals surface area contributed by atoms with Crippen LogP contribution in [0.25, 0.3) is 22.5 Å². The minimum atomic E-state index is -0.208. The van der Waals surface area contributed by atoms with Gasteiger partial charge in [-0.1, -0.05) is 68.4 Å². The van der Waals surface area contributed by atoms with Crippen molar-refractivity contribution in [2.45, 2.75) is 19.3 Å². The van der Waals surface area contributed by atoms with E-state index in [2.05, 4.69) is 72.3 Å². The first kappa shape index (κ1) is 21.1. The van der Waals surface area contributed by atoms with E-state index >= 15 is 0 Å². The molecule has 6 rings (SSSR count). The second-order valence-corrected chi connectivity index (χ2v) is 9.33. The number of anilines is 3. The van der Waals surface area contributed by atoms with Gasteiger partial charge in [0.05, 0.1) is 11.4 Å². The fourth-order valence-electron chi connectivity index (χ4n) is 5.05. The van der Waals surface area contributed by atoms with E-state index in [9.17, 15) is 5.11 Å². The Morgan fingerprint density at radius 1 is 0.714 bits per heavy atom. The van der Waals surface area contributed by atoms with E-state index < -0.39 is 0 Å². The van der Waals surface area contributed by atoms with Crippen LogP contribution in [0.1, 0.15) is 25.0 Å². The van der Waals surface area contributed by atoms with Crippen LogP contribution in [0.2, 0.25) is 0 Å². The van der Waals surface area contributed by atoms with E-state index in [1.54, 1.807) is 6.07 Å². The highest BCUT2D eigenvalue weighted by molar-refractivity contribution is 5.84. The monoisotopic (exact) mass is 455 g/mol. The molecule has 3 aromatic carbocycles. The van der Waals surface area contributed by atoms with Gasteiger partial charge in [0, 0.05) is 34.1 Å². The van der Waals surface area contributed by atoms with E-state index in [0.717, 1.165) is 50.8 Å². The summed E-state index contributed by atoms with van der Waals surface area (Å²) >= 11 is 0. The molecule has 0 fully saturated rings. The molecule has 0 amide bonds. The van der Waals surface area contributed by atoms with Crippen molar-refractivity contribution in [1.82, 2.24) is 9.97 Å². The lowest BCUT2D eigenvalue weighted by Gasteiger charge is -2.24. The summed E-state index contributed by atoms with van der Waals surface area (Å²) in [6.07, 6.45) is 1.81. The summed E-state index contributed by atoms with van der Waals surface area (Å²) < 4.78 is 0. The highest BCUT2D eigenvalue weighted by Crippen LogP contribution is 2.51. The lowest BCUT2D eigenvalue weighted by atomic mass is 9.83. The van der Waals surface area contributed by atoms with Crippen molar-refractivity contribution in [3.8, 4) is 28.3 Å². The minimum Gasteiger partial charge on any atom is -0.507 e. The van der Waals surface area contributed by atoms with Gasteiger partial charge in [0.1, 0.15) is 11.6 Å². The van der Waals surface area contributed by atoms with Crippen molar-refractivity contribution in [3.63, 3.8) is 0 Å². The minimum absolute atomic E-state index is 0.208. The number of benzene rings is 3. The van der Waals surface area contributed by atoms with Crippen LogP contribution in [0.5, 0.6) is 5.75 Å². The maximum atomic E-state index is 10.7. The van der Waals surface area contributed by atoms with E-state index in [0.29, 0.717) is 0 Å². The summed E-state index contributed by atoms with van der Waals surface area (Å²) in [6, 6.07) is 34.5. The lowest BCUT2D eigenvalue weighted by Crippen LogP contribution is -2.15. The molecule has 2 heterocycles. The number of phenolic OH excluding ortho intramolecular Hbond substituents is 1. The standard InChI is InChI=1S/C31H25N3O/c1-31(2)24-14-9-15-27(35)29(24)30-25(31)17-18-26(33-30)21-10-8-13-23(20-21)34(22-11-4-3-5-12-22)28-16-6-7-19-32-28/h3-20,35H,1-2H3. The second kappa shape index (κ2) is 8.10. The zero-order chi connectivity index (χ0) is 24.0. The average molecular weight is 456 g/mol. The SMILES string of the molecule is CC1(C)c2ccc(-c3cccc(N(c4ccccc4)c4ccccn4)c3)nc2-c2c(O)cccc21. The van der Waals surface area contributed by atoms with E-state index in [1.807, 2.05) is 54.7 Å². The lowest BCUT2D eigenvalue weighted by molar-refractivity contribution is 0.476. The molecule has 0 atom stereocenters. The normalized spacial score (nSPS) is 13.2. The topological polar surface area (TPSA) is 49.2 Å². The van der Waals surface area contributed by atoms with Gasteiger partial charge in [-0.3, -0.25) is 4.90 Å². The Bertz CT molecular complexity index is 1490. The number of phenols is 1. The number of aromatic nitrogens is 2. The number of aromatic hydroxyl groups is 1. The molecular weight excluding hydrogens is 430 g/mol. The van der Waals surface area contributed by atoms with Gasteiger partial charge in [-0.2, -0.15) is 0 Å². The molecule has 5 aromatic rings. The largest absolute Gasteiger partial charge is 0.507 e. The number of para-hydroxylation sites is 1. The molecule has 0 radical (unpaired) electrons. The number of pyridine rings is 2. The Labute approximate surface area is 205 Å². The summed E-state index contributed by atoms with van der Waals surface area (Å²) in [5.74, 6) is 1.12. The maximum Gasteiger partial charge on any atom is 0.137 e. The van der Waals surface area contributed by atoms with E-state index in [4.69, 9.17) is 4.98 Å². The van der Waals surface area contributed by atoms with Crippen LogP contribution in [0, 0.1) is 0 Å². The van der Waals surface area contributed by atoms with E-state index in [-0.39, 0.29) is 11.2 Å². The van der Waals surface area contributed by atoms with Gasteiger partial charge >= 0.3 is 0 Å². The molecule has 170 valence electrons. The average Bonchev–Trinajstić information content (AvgIpc) is 3.13. The second-order valence-electron chi connectivity index (χ2n) is 9.33.